The number of aromatic nitrogens is 2. The molecule has 0 bridgehead atoms. The van der Waals surface area contributed by atoms with Gasteiger partial charge in [-0.1, -0.05) is 30.3 Å². The second kappa shape index (κ2) is 8.69. The fourth-order valence-electron chi connectivity index (χ4n) is 3.45. The summed E-state index contributed by atoms with van der Waals surface area (Å²) in [5.41, 5.74) is 3.57. The molecule has 0 aliphatic carbocycles. The SMILES string of the molecule is COc1ccc(NC(=O)CCc2nc3ccccc3n2-c2ccccc2)c(OC)c1. The van der Waals surface area contributed by atoms with E-state index in [0.29, 0.717) is 30.0 Å². The molecular formula is C24H23N3O3. The number of amides is 1. The topological polar surface area (TPSA) is 65.4 Å². The maximum atomic E-state index is 12.6. The molecule has 3 aromatic carbocycles. The van der Waals surface area contributed by atoms with E-state index in [1.54, 1.807) is 32.4 Å². The van der Waals surface area contributed by atoms with E-state index in [-0.39, 0.29) is 5.91 Å². The van der Waals surface area contributed by atoms with Crippen molar-refractivity contribution in [1.29, 1.82) is 0 Å². The van der Waals surface area contributed by atoms with Crippen molar-refractivity contribution >= 4 is 22.6 Å². The van der Waals surface area contributed by atoms with Gasteiger partial charge >= 0.3 is 0 Å². The Balaban J connectivity index is 1.55. The van der Waals surface area contributed by atoms with Crippen LogP contribution in [0.2, 0.25) is 0 Å². The third-order valence-electron chi connectivity index (χ3n) is 4.90. The van der Waals surface area contributed by atoms with Gasteiger partial charge in [0.15, 0.2) is 0 Å². The molecule has 1 N–H and O–H groups in total. The molecule has 4 rings (SSSR count). The van der Waals surface area contributed by atoms with Crippen LogP contribution in [0.4, 0.5) is 5.69 Å². The van der Waals surface area contributed by atoms with Crippen molar-refractivity contribution in [2.75, 3.05) is 19.5 Å². The molecule has 0 aliphatic rings. The molecule has 0 saturated carbocycles. The second-order valence-corrected chi connectivity index (χ2v) is 6.80. The van der Waals surface area contributed by atoms with Gasteiger partial charge in [0.05, 0.1) is 30.9 Å². The molecule has 0 saturated heterocycles. The van der Waals surface area contributed by atoms with Gasteiger partial charge in [-0.05, 0) is 36.4 Å². The first kappa shape index (κ1) is 19.5. The van der Waals surface area contributed by atoms with Crippen LogP contribution in [0.1, 0.15) is 12.2 Å². The highest BCUT2D eigenvalue weighted by Crippen LogP contribution is 2.29. The molecule has 1 amide bonds. The molecule has 1 aromatic heterocycles. The molecule has 1 heterocycles. The molecule has 0 atom stereocenters. The molecule has 152 valence electrons. The van der Waals surface area contributed by atoms with E-state index < -0.39 is 0 Å². The Kier molecular flexibility index (Phi) is 5.66. The Labute approximate surface area is 175 Å². The maximum absolute atomic E-state index is 12.6. The number of carbonyl (C=O) groups is 1. The quantitative estimate of drug-likeness (QED) is 0.491. The van der Waals surface area contributed by atoms with Crippen LogP contribution in [-0.4, -0.2) is 29.7 Å². The Morgan fingerprint density at radius 2 is 1.73 bits per heavy atom. The van der Waals surface area contributed by atoms with Crippen molar-refractivity contribution in [3.05, 3.63) is 78.6 Å². The number of methoxy groups -OCH3 is 2. The molecule has 30 heavy (non-hydrogen) atoms. The summed E-state index contributed by atoms with van der Waals surface area (Å²) in [7, 11) is 3.15. The van der Waals surface area contributed by atoms with Crippen LogP contribution in [0.15, 0.2) is 72.8 Å². The molecule has 0 fully saturated rings. The molecule has 6 heteroatoms. The van der Waals surface area contributed by atoms with E-state index in [0.717, 1.165) is 22.5 Å². The van der Waals surface area contributed by atoms with E-state index in [9.17, 15) is 4.79 Å². The lowest BCUT2D eigenvalue weighted by Crippen LogP contribution is -2.14. The van der Waals surface area contributed by atoms with Gasteiger partial charge in [0.2, 0.25) is 5.91 Å². The van der Waals surface area contributed by atoms with Gasteiger partial charge in [-0.15, -0.1) is 0 Å². The minimum Gasteiger partial charge on any atom is -0.497 e. The number of para-hydroxylation sites is 3. The first-order valence-electron chi connectivity index (χ1n) is 9.73. The minimum atomic E-state index is -0.106. The third kappa shape index (κ3) is 3.98. The fraction of sp³-hybridized carbons (Fsp3) is 0.167. The van der Waals surface area contributed by atoms with Crippen LogP contribution in [-0.2, 0) is 11.2 Å². The Bertz CT molecular complexity index is 1170. The summed E-state index contributed by atoms with van der Waals surface area (Å²) in [6.45, 7) is 0. The number of hydrogen-bond donors (Lipinski definition) is 1. The van der Waals surface area contributed by atoms with E-state index >= 15 is 0 Å². The van der Waals surface area contributed by atoms with Crippen LogP contribution < -0.4 is 14.8 Å². The number of imidazole rings is 1. The molecule has 0 unspecified atom stereocenters. The van der Waals surface area contributed by atoms with Crippen molar-refractivity contribution in [3.63, 3.8) is 0 Å². The van der Waals surface area contributed by atoms with E-state index in [2.05, 4.69) is 9.88 Å². The summed E-state index contributed by atoms with van der Waals surface area (Å²) in [5.74, 6) is 1.96. The molecule has 0 spiro atoms. The number of nitrogens with one attached hydrogen (secondary N) is 1. The van der Waals surface area contributed by atoms with E-state index in [4.69, 9.17) is 14.5 Å². The van der Waals surface area contributed by atoms with Gasteiger partial charge in [-0.25, -0.2) is 4.98 Å². The van der Waals surface area contributed by atoms with Gasteiger partial charge in [0.25, 0.3) is 0 Å². The number of aryl methyl sites for hydroxylation is 1. The van der Waals surface area contributed by atoms with Crippen molar-refractivity contribution in [2.45, 2.75) is 12.8 Å². The highest BCUT2D eigenvalue weighted by Gasteiger charge is 2.15. The lowest BCUT2D eigenvalue weighted by Gasteiger charge is -2.12. The van der Waals surface area contributed by atoms with Crippen LogP contribution in [0.25, 0.3) is 16.7 Å². The number of rotatable bonds is 7. The number of nitrogens with zero attached hydrogens (tertiary/aromatic N) is 2. The van der Waals surface area contributed by atoms with E-state index in [1.807, 2.05) is 54.6 Å². The van der Waals surface area contributed by atoms with Gasteiger partial charge in [0, 0.05) is 24.6 Å². The zero-order chi connectivity index (χ0) is 20.9. The first-order chi connectivity index (χ1) is 14.7. The molecular weight excluding hydrogens is 378 g/mol. The Morgan fingerprint density at radius 1 is 0.967 bits per heavy atom. The van der Waals surface area contributed by atoms with Crippen molar-refractivity contribution in [1.82, 2.24) is 9.55 Å². The molecule has 4 aromatic rings. The van der Waals surface area contributed by atoms with Gasteiger partial charge < -0.3 is 14.8 Å². The number of hydrogen-bond acceptors (Lipinski definition) is 4. The largest absolute Gasteiger partial charge is 0.497 e. The zero-order valence-electron chi connectivity index (χ0n) is 17.0. The molecule has 6 nitrogen and oxygen atoms in total. The Morgan fingerprint density at radius 3 is 2.50 bits per heavy atom. The smallest absolute Gasteiger partial charge is 0.224 e. The predicted molar refractivity (Wildman–Crippen MR) is 118 cm³/mol. The summed E-state index contributed by atoms with van der Waals surface area (Å²) < 4.78 is 12.7. The first-order valence-corrected chi connectivity index (χ1v) is 9.73. The van der Waals surface area contributed by atoms with Crippen molar-refractivity contribution in [2.24, 2.45) is 0 Å². The number of anilines is 1. The van der Waals surface area contributed by atoms with Crippen LogP contribution in [0.5, 0.6) is 11.5 Å². The number of carbonyl (C=O) groups excluding carboxylic acids is 1. The monoisotopic (exact) mass is 401 g/mol. The summed E-state index contributed by atoms with van der Waals surface area (Å²) in [6.07, 6.45) is 0.805. The van der Waals surface area contributed by atoms with Gasteiger partial charge in [0.1, 0.15) is 17.3 Å². The number of fused-ring (bicyclic) bond motifs is 1. The zero-order valence-corrected chi connectivity index (χ0v) is 17.0. The van der Waals surface area contributed by atoms with Crippen LogP contribution >= 0.6 is 0 Å². The van der Waals surface area contributed by atoms with Crippen LogP contribution in [0, 0.1) is 0 Å². The highest BCUT2D eigenvalue weighted by molar-refractivity contribution is 5.92. The standard InChI is InChI=1S/C24H23N3O3/c1-29-18-12-13-20(22(16-18)30-2)26-24(28)15-14-23-25-19-10-6-7-11-21(19)27(23)17-8-4-3-5-9-17/h3-13,16H,14-15H2,1-2H3,(H,26,28). The van der Waals surface area contributed by atoms with Crippen LogP contribution in [0.3, 0.4) is 0 Å². The molecule has 0 aliphatic heterocycles. The maximum Gasteiger partial charge on any atom is 0.224 e. The molecule has 0 radical (unpaired) electrons. The third-order valence-corrected chi connectivity index (χ3v) is 4.90. The van der Waals surface area contributed by atoms with Gasteiger partial charge in [-0.3, -0.25) is 9.36 Å². The average Bonchev–Trinajstić information content (AvgIpc) is 3.17. The summed E-state index contributed by atoms with van der Waals surface area (Å²) in [6, 6.07) is 23.4. The fourth-order valence-corrected chi connectivity index (χ4v) is 3.45. The highest BCUT2D eigenvalue weighted by atomic mass is 16.5. The minimum absolute atomic E-state index is 0.106. The summed E-state index contributed by atoms with van der Waals surface area (Å²) in [4.78, 5) is 17.4. The lowest BCUT2D eigenvalue weighted by atomic mass is 10.2. The van der Waals surface area contributed by atoms with E-state index in [1.165, 1.54) is 0 Å². The lowest BCUT2D eigenvalue weighted by molar-refractivity contribution is -0.116. The number of benzene rings is 3. The Hall–Kier alpha value is -3.80. The second-order valence-electron chi connectivity index (χ2n) is 6.80. The predicted octanol–water partition coefficient (Wildman–Crippen LogP) is 4.61. The summed E-state index contributed by atoms with van der Waals surface area (Å²) in [5, 5.41) is 2.92. The number of ether oxygens (including phenoxy) is 2. The average molecular weight is 401 g/mol. The van der Waals surface area contributed by atoms with Crippen molar-refractivity contribution in [3.8, 4) is 17.2 Å². The normalized spacial score (nSPS) is 10.7. The summed E-state index contributed by atoms with van der Waals surface area (Å²) >= 11 is 0. The van der Waals surface area contributed by atoms with Gasteiger partial charge in [-0.2, -0.15) is 0 Å². The van der Waals surface area contributed by atoms with Crippen molar-refractivity contribution < 1.29 is 14.3 Å².